The molecule has 0 amide bonds. The second-order valence-corrected chi connectivity index (χ2v) is 16.6. The van der Waals surface area contributed by atoms with Gasteiger partial charge in [-0.2, -0.15) is 0 Å². The second-order valence-electron chi connectivity index (χ2n) is 4.65. The first-order valence-corrected chi connectivity index (χ1v) is 11.6. The summed E-state index contributed by atoms with van der Waals surface area (Å²) in [6, 6.07) is 10.8. The molecular weight excluding hydrogens is 571 g/mol. The van der Waals surface area contributed by atoms with Crippen LogP contribution in [0.2, 0.25) is 5.02 Å². The van der Waals surface area contributed by atoms with E-state index in [4.69, 9.17) is 15.8 Å². The predicted octanol–water partition coefficient (Wildman–Crippen LogP) is 5.32. The Hall–Kier alpha value is 0.0700. The summed E-state index contributed by atoms with van der Waals surface area (Å²) in [5, 5.41) is 0.528. The molecule has 2 rings (SSSR count). The van der Waals surface area contributed by atoms with Crippen molar-refractivity contribution in [2.75, 3.05) is 0 Å². The number of rotatable bonds is 4. The molecule has 2 aromatic carbocycles. The predicted molar refractivity (Wildman–Crippen MR) is 106 cm³/mol. The molecule has 0 aliphatic rings. The van der Waals surface area contributed by atoms with Crippen LogP contribution in [0.25, 0.3) is 0 Å². The number of aryl methyl sites for hydroxylation is 1. The van der Waals surface area contributed by atoms with Gasteiger partial charge in [-0.15, -0.1) is 0 Å². The summed E-state index contributed by atoms with van der Waals surface area (Å²) in [5.41, 5.74) is 0.518. The average molecular weight is 582 g/mol. The number of hydrogen-bond acceptors (Lipinski definition) is 4. The fourth-order valence-corrected chi connectivity index (χ4v) is 5.29. The molecule has 0 aromatic heterocycles. The average Bonchev–Trinajstić information content (AvgIpc) is 2.48. The molecular formula is C14H10Br3ClO4S2. The first-order chi connectivity index (χ1) is 11.0. The highest BCUT2D eigenvalue weighted by molar-refractivity contribution is 9.42. The van der Waals surface area contributed by atoms with Gasteiger partial charge < -0.3 is 4.18 Å². The molecule has 0 saturated heterocycles. The first kappa shape index (κ1) is 20.4. The molecule has 24 heavy (non-hydrogen) atoms. The van der Waals surface area contributed by atoms with E-state index in [1.807, 2.05) is 0 Å². The van der Waals surface area contributed by atoms with Crippen LogP contribution in [0.15, 0.2) is 52.3 Å². The lowest BCUT2D eigenvalue weighted by molar-refractivity contribution is 0.561. The lowest BCUT2D eigenvalue weighted by atomic mass is 10.2. The minimum absolute atomic E-state index is 0.0266. The van der Waals surface area contributed by atoms with Gasteiger partial charge in [0.15, 0.2) is 0 Å². The summed E-state index contributed by atoms with van der Waals surface area (Å²) in [4.78, 5) is 0.254. The van der Waals surface area contributed by atoms with Crippen molar-refractivity contribution in [3.05, 3.63) is 53.1 Å². The van der Waals surface area contributed by atoms with E-state index in [0.29, 0.717) is 16.3 Å². The number of halogens is 4. The van der Waals surface area contributed by atoms with Gasteiger partial charge in [-0.1, -0.05) is 17.7 Å². The van der Waals surface area contributed by atoms with Crippen LogP contribution in [0.3, 0.4) is 0 Å². The molecule has 2 aromatic rings. The van der Waals surface area contributed by atoms with Crippen LogP contribution in [-0.4, -0.2) is 14.1 Å². The maximum atomic E-state index is 12.6. The Bertz CT molecular complexity index is 878. The Balaban J connectivity index is 2.37. The van der Waals surface area contributed by atoms with E-state index >= 15 is 0 Å². The van der Waals surface area contributed by atoms with E-state index in [2.05, 4.69) is 47.8 Å². The lowest BCUT2D eigenvalue weighted by Crippen LogP contribution is -2.19. The third-order valence-electron chi connectivity index (χ3n) is 2.93. The van der Waals surface area contributed by atoms with Crippen LogP contribution >= 0.6 is 59.4 Å². The zero-order valence-corrected chi connectivity index (χ0v) is 19.1. The van der Waals surface area contributed by atoms with Gasteiger partial charge in [0.1, 0.15) is 5.75 Å². The Morgan fingerprint density at radius 3 is 2.21 bits per heavy atom. The molecule has 1 unspecified atom stereocenters. The van der Waals surface area contributed by atoms with E-state index < -0.39 is 22.4 Å². The van der Waals surface area contributed by atoms with E-state index in [1.165, 1.54) is 6.07 Å². The second kappa shape index (κ2) is 7.75. The van der Waals surface area contributed by atoms with Crippen LogP contribution in [0, 0.1) is 6.92 Å². The van der Waals surface area contributed by atoms with Gasteiger partial charge in [-0.3, -0.25) is 0 Å². The number of benzene rings is 2. The van der Waals surface area contributed by atoms with Crippen molar-refractivity contribution in [3.63, 3.8) is 0 Å². The monoisotopic (exact) mass is 578 g/mol. The van der Waals surface area contributed by atoms with Crippen LogP contribution < -0.4 is 4.18 Å². The molecule has 0 N–H and O–H groups in total. The third-order valence-corrected chi connectivity index (χ3v) is 9.63. The molecule has 0 heterocycles. The minimum atomic E-state index is -3.80. The SMILES string of the molecule is Cc1ccc(S(=O)Oc2ccc(Cl)cc2)cc1S(=O)(=O)C(Br)(Br)Br. The highest BCUT2D eigenvalue weighted by Gasteiger charge is 2.38. The topological polar surface area (TPSA) is 60.4 Å². The Morgan fingerprint density at radius 2 is 1.67 bits per heavy atom. The van der Waals surface area contributed by atoms with Crippen molar-refractivity contribution < 1.29 is 16.8 Å². The standard InChI is InChI=1S/C14H10Br3ClO4S2/c1-9-2-7-12(8-13(9)24(20,21)14(15,16)17)23(19)22-11-5-3-10(18)4-6-11/h2-8H,1H3. The highest BCUT2D eigenvalue weighted by Crippen LogP contribution is 2.44. The molecule has 0 radical (unpaired) electrons. The normalized spacial score (nSPS) is 13.5. The van der Waals surface area contributed by atoms with Crippen molar-refractivity contribution in [2.24, 2.45) is 0 Å². The van der Waals surface area contributed by atoms with Gasteiger partial charge in [-0.05, 0) is 96.7 Å². The van der Waals surface area contributed by atoms with Crippen LogP contribution in [-0.2, 0) is 20.9 Å². The molecule has 130 valence electrons. The maximum absolute atomic E-state index is 12.6. The molecule has 10 heteroatoms. The van der Waals surface area contributed by atoms with Gasteiger partial charge in [0.05, 0.1) is 9.79 Å². The minimum Gasteiger partial charge on any atom is -0.397 e. The summed E-state index contributed by atoms with van der Waals surface area (Å²) in [6.45, 7) is 1.65. The summed E-state index contributed by atoms with van der Waals surface area (Å²) < 4.78 is 41.3. The van der Waals surface area contributed by atoms with Crippen molar-refractivity contribution >= 4 is 80.3 Å². The van der Waals surface area contributed by atoms with Crippen LogP contribution in [0.4, 0.5) is 0 Å². The van der Waals surface area contributed by atoms with Crippen molar-refractivity contribution in [1.29, 1.82) is 0 Å². The van der Waals surface area contributed by atoms with Crippen molar-refractivity contribution in [2.45, 2.75) is 18.2 Å². The Labute approximate surface area is 172 Å². The van der Waals surface area contributed by atoms with Crippen LogP contribution in [0.1, 0.15) is 5.56 Å². The van der Waals surface area contributed by atoms with Gasteiger partial charge >= 0.3 is 0 Å². The van der Waals surface area contributed by atoms with E-state index in [0.717, 1.165) is 0 Å². The van der Waals surface area contributed by atoms with Crippen LogP contribution in [0.5, 0.6) is 5.75 Å². The fourth-order valence-electron chi connectivity index (χ4n) is 1.72. The van der Waals surface area contributed by atoms with Gasteiger partial charge in [-0.25, -0.2) is 12.6 Å². The number of hydrogen-bond donors (Lipinski definition) is 0. The first-order valence-electron chi connectivity index (χ1n) is 6.30. The molecule has 0 aliphatic heterocycles. The molecule has 1 atom stereocenters. The molecule has 0 fully saturated rings. The molecule has 0 saturated carbocycles. The molecule has 4 nitrogen and oxygen atoms in total. The summed E-state index contributed by atoms with van der Waals surface area (Å²) in [7, 11) is -3.80. The Morgan fingerprint density at radius 1 is 1.08 bits per heavy atom. The fraction of sp³-hybridized carbons (Fsp3) is 0.143. The van der Waals surface area contributed by atoms with E-state index in [9.17, 15) is 12.6 Å². The van der Waals surface area contributed by atoms with E-state index in [-0.39, 0.29) is 9.79 Å². The summed E-state index contributed by atoms with van der Waals surface area (Å²) in [5.74, 6) is 0.360. The van der Waals surface area contributed by atoms with Crippen molar-refractivity contribution in [1.82, 2.24) is 0 Å². The maximum Gasteiger partial charge on any atom is 0.240 e. The summed E-state index contributed by atoms with van der Waals surface area (Å²) in [6.07, 6.45) is 0. The zero-order chi connectivity index (χ0) is 18.1. The lowest BCUT2D eigenvalue weighted by Gasteiger charge is -2.16. The molecule has 0 aliphatic carbocycles. The van der Waals surface area contributed by atoms with Crippen molar-refractivity contribution in [3.8, 4) is 5.75 Å². The number of sulfone groups is 1. The molecule has 0 bridgehead atoms. The van der Waals surface area contributed by atoms with Gasteiger partial charge in [0.2, 0.25) is 22.4 Å². The molecule has 0 spiro atoms. The number of alkyl halides is 3. The van der Waals surface area contributed by atoms with Gasteiger partial charge in [0.25, 0.3) is 0 Å². The van der Waals surface area contributed by atoms with Gasteiger partial charge in [0, 0.05) is 5.02 Å². The smallest absolute Gasteiger partial charge is 0.240 e. The summed E-state index contributed by atoms with van der Waals surface area (Å²) >= 11 is 13.0. The largest absolute Gasteiger partial charge is 0.397 e. The highest BCUT2D eigenvalue weighted by atomic mass is 80.0. The van der Waals surface area contributed by atoms with E-state index in [1.54, 1.807) is 43.3 Å². The zero-order valence-electron chi connectivity index (χ0n) is 12.0. The Kier molecular flexibility index (Phi) is 6.58. The quantitative estimate of drug-likeness (QED) is 0.459. The third kappa shape index (κ3) is 4.62.